The first-order chi connectivity index (χ1) is 9.26. The molecule has 0 aromatic carbocycles. The molecule has 1 aliphatic heterocycles. The second kappa shape index (κ2) is 7.70. The molecule has 1 aliphatic rings. The van der Waals surface area contributed by atoms with Crippen LogP contribution in [0.2, 0.25) is 0 Å². The monoisotopic (exact) mass is 306 g/mol. The van der Waals surface area contributed by atoms with Crippen molar-refractivity contribution in [3.05, 3.63) is 0 Å². The summed E-state index contributed by atoms with van der Waals surface area (Å²) in [6.07, 6.45) is 1.72. The SMILES string of the molecule is CC(C)C(CN(C)C)NS(=O)(=O)N1CCC(CN)CC1. The van der Waals surface area contributed by atoms with Crippen molar-refractivity contribution in [1.29, 1.82) is 0 Å². The molecule has 0 radical (unpaired) electrons. The molecule has 1 heterocycles. The summed E-state index contributed by atoms with van der Waals surface area (Å²) in [4.78, 5) is 2.01. The molecular formula is C13H30N4O2S. The molecule has 120 valence electrons. The molecule has 7 heteroatoms. The summed E-state index contributed by atoms with van der Waals surface area (Å²) in [6, 6.07) is -0.0674. The largest absolute Gasteiger partial charge is 0.330 e. The average Bonchev–Trinajstić information content (AvgIpc) is 2.37. The lowest BCUT2D eigenvalue weighted by Gasteiger charge is -2.33. The third-order valence-electron chi connectivity index (χ3n) is 3.91. The van der Waals surface area contributed by atoms with Crippen molar-refractivity contribution < 1.29 is 8.42 Å². The number of likely N-dealkylation sites (N-methyl/N-ethyl adjacent to an activating group) is 1. The van der Waals surface area contributed by atoms with Gasteiger partial charge in [-0.2, -0.15) is 17.4 Å². The van der Waals surface area contributed by atoms with Crippen molar-refractivity contribution in [2.24, 2.45) is 17.6 Å². The highest BCUT2D eigenvalue weighted by atomic mass is 32.2. The molecule has 0 saturated carbocycles. The third kappa shape index (κ3) is 5.29. The van der Waals surface area contributed by atoms with E-state index in [1.54, 1.807) is 4.31 Å². The molecule has 1 atom stereocenters. The fraction of sp³-hybridized carbons (Fsp3) is 1.00. The van der Waals surface area contributed by atoms with E-state index in [1.165, 1.54) is 0 Å². The van der Waals surface area contributed by atoms with Crippen LogP contribution in [0.15, 0.2) is 0 Å². The Morgan fingerprint density at radius 2 is 1.85 bits per heavy atom. The Labute approximate surface area is 123 Å². The number of rotatable bonds is 7. The van der Waals surface area contributed by atoms with Crippen LogP contribution in [0.3, 0.4) is 0 Å². The average molecular weight is 306 g/mol. The van der Waals surface area contributed by atoms with E-state index < -0.39 is 10.2 Å². The van der Waals surface area contributed by atoms with Crippen molar-refractivity contribution in [2.45, 2.75) is 32.7 Å². The normalized spacial score (nSPS) is 20.8. The van der Waals surface area contributed by atoms with Crippen molar-refractivity contribution in [1.82, 2.24) is 13.9 Å². The first-order valence-electron chi connectivity index (χ1n) is 7.38. The molecule has 6 nitrogen and oxygen atoms in total. The lowest BCUT2D eigenvalue weighted by atomic mass is 9.99. The number of hydrogen-bond acceptors (Lipinski definition) is 4. The maximum atomic E-state index is 12.4. The van der Waals surface area contributed by atoms with Gasteiger partial charge in [0.15, 0.2) is 0 Å². The Morgan fingerprint density at radius 3 is 2.25 bits per heavy atom. The molecule has 20 heavy (non-hydrogen) atoms. The van der Waals surface area contributed by atoms with Gasteiger partial charge in [0.05, 0.1) is 0 Å². The predicted octanol–water partition coefficient (Wildman–Crippen LogP) is 0.0777. The van der Waals surface area contributed by atoms with Crippen LogP contribution in [0.5, 0.6) is 0 Å². The van der Waals surface area contributed by atoms with Crippen molar-refractivity contribution in [3.63, 3.8) is 0 Å². The lowest BCUT2D eigenvalue weighted by Crippen LogP contribution is -2.52. The molecule has 1 saturated heterocycles. The van der Waals surface area contributed by atoms with E-state index in [0.29, 0.717) is 32.1 Å². The van der Waals surface area contributed by atoms with Gasteiger partial charge >= 0.3 is 0 Å². The van der Waals surface area contributed by atoms with Gasteiger partial charge in [-0.15, -0.1) is 0 Å². The Morgan fingerprint density at radius 1 is 1.30 bits per heavy atom. The highest BCUT2D eigenvalue weighted by molar-refractivity contribution is 7.87. The highest BCUT2D eigenvalue weighted by Gasteiger charge is 2.30. The zero-order valence-electron chi connectivity index (χ0n) is 13.2. The van der Waals surface area contributed by atoms with Crippen molar-refractivity contribution in [2.75, 3.05) is 40.3 Å². The minimum absolute atomic E-state index is 0.0674. The molecule has 1 rings (SSSR count). The Balaban J connectivity index is 2.63. The molecule has 1 fully saturated rings. The molecule has 0 bridgehead atoms. The number of nitrogens with one attached hydrogen (secondary N) is 1. The molecule has 0 spiro atoms. The number of hydrogen-bond donors (Lipinski definition) is 2. The van der Waals surface area contributed by atoms with E-state index in [9.17, 15) is 8.42 Å². The molecule has 0 aromatic rings. The van der Waals surface area contributed by atoms with Crippen LogP contribution in [0.4, 0.5) is 0 Å². The summed E-state index contributed by atoms with van der Waals surface area (Å²) in [5.74, 6) is 0.720. The first kappa shape index (κ1) is 17.8. The first-order valence-corrected chi connectivity index (χ1v) is 8.82. The molecule has 1 unspecified atom stereocenters. The minimum Gasteiger partial charge on any atom is -0.330 e. The fourth-order valence-electron chi connectivity index (χ4n) is 2.43. The summed E-state index contributed by atoms with van der Waals surface area (Å²) in [7, 11) is 0.521. The van der Waals surface area contributed by atoms with Crippen LogP contribution >= 0.6 is 0 Å². The topological polar surface area (TPSA) is 78.7 Å². The number of piperidine rings is 1. The van der Waals surface area contributed by atoms with Crippen LogP contribution in [0, 0.1) is 11.8 Å². The van der Waals surface area contributed by atoms with Gasteiger partial charge in [-0.3, -0.25) is 0 Å². The van der Waals surface area contributed by atoms with E-state index in [2.05, 4.69) is 4.72 Å². The predicted molar refractivity (Wildman–Crippen MR) is 82.6 cm³/mol. The van der Waals surface area contributed by atoms with Gasteiger partial charge in [-0.1, -0.05) is 13.8 Å². The summed E-state index contributed by atoms with van der Waals surface area (Å²) in [5.41, 5.74) is 5.64. The van der Waals surface area contributed by atoms with Crippen LogP contribution in [-0.4, -0.2) is 63.9 Å². The molecule has 0 aliphatic carbocycles. The quantitative estimate of drug-likeness (QED) is 0.698. The number of nitrogens with zero attached hydrogens (tertiary/aromatic N) is 2. The van der Waals surface area contributed by atoms with Gasteiger partial charge in [-0.05, 0) is 45.3 Å². The van der Waals surface area contributed by atoms with Gasteiger partial charge in [0.2, 0.25) is 0 Å². The Bertz CT molecular complexity index is 376. The fourth-order valence-corrected chi connectivity index (χ4v) is 4.00. The third-order valence-corrected chi connectivity index (χ3v) is 5.56. The summed E-state index contributed by atoms with van der Waals surface area (Å²) in [6.45, 7) is 6.58. The van der Waals surface area contributed by atoms with Crippen molar-refractivity contribution >= 4 is 10.2 Å². The van der Waals surface area contributed by atoms with E-state index in [-0.39, 0.29) is 12.0 Å². The second-order valence-corrected chi connectivity index (χ2v) is 8.02. The Hall–Kier alpha value is -0.210. The zero-order chi connectivity index (χ0) is 15.3. The lowest BCUT2D eigenvalue weighted by molar-refractivity contribution is 0.265. The number of nitrogens with two attached hydrogens (primary N) is 1. The smallest absolute Gasteiger partial charge is 0.279 e. The summed E-state index contributed by atoms with van der Waals surface area (Å²) >= 11 is 0. The van der Waals surface area contributed by atoms with Gasteiger partial charge in [0, 0.05) is 25.7 Å². The summed E-state index contributed by atoms with van der Waals surface area (Å²) < 4.78 is 29.3. The minimum atomic E-state index is -3.39. The van der Waals surface area contributed by atoms with E-state index in [0.717, 1.165) is 12.8 Å². The maximum Gasteiger partial charge on any atom is 0.279 e. The molecule has 0 aromatic heterocycles. The molecule has 3 N–H and O–H groups in total. The van der Waals surface area contributed by atoms with Crippen LogP contribution in [0.25, 0.3) is 0 Å². The van der Waals surface area contributed by atoms with E-state index >= 15 is 0 Å². The molecule has 0 amide bonds. The molecular weight excluding hydrogens is 276 g/mol. The van der Waals surface area contributed by atoms with Crippen molar-refractivity contribution in [3.8, 4) is 0 Å². The van der Waals surface area contributed by atoms with Crippen LogP contribution < -0.4 is 10.5 Å². The second-order valence-electron chi connectivity index (χ2n) is 6.31. The zero-order valence-corrected chi connectivity index (χ0v) is 14.0. The summed E-state index contributed by atoms with van der Waals surface area (Å²) in [5, 5.41) is 0. The van der Waals surface area contributed by atoms with Gasteiger partial charge in [-0.25, -0.2) is 0 Å². The van der Waals surface area contributed by atoms with Gasteiger partial charge in [0.25, 0.3) is 10.2 Å². The van der Waals surface area contributed by atoms with Gasteiger partial charge < -0.3 is 10.6 Å². The van der Waals surface area contributed by atoms with E-state index in [4.69, 9.17) is 5.73 Å². The van der Waals surface area contributed by atoms with Crippen LogP contribution in [-0.2, 0) is 10.2 Å². The van der Waals surface area contributed by atoms with Crippen LogP contribution in [0.1, 0.15) is 26.7 Å². The van der Waals surface area contributed by atoms with E-state index in [1.807, 2.05) is 32.8 Å². The maximum absolute atomic E-state index is 12.4. The standard InChI is InChI=1S/C13H30N4O2S/c1-11(2)13(10-16(3)4)15-20(18,19)17-7-5-12(9-14)6-8-17/h11-13,15H,5-10,14H2,1-4H3. The highest BCUT2D eigenvalue weighted by Crippen LogP contribution is 2.18. The Kier molecular flexibility index (Phi) is 6.87. The van der Waals surface area contributed by atoms with Gasteiger partial charge in [0.1, 0.15) is 0 Å².